The van der Waals surface area contributed by atoms with Gasteiger partial charge < -0.3 is 15.8 Å². The summed E-state index contributed by atoms with van der Waals surface area (Å²) in [6, 6.07) is 4.06. The number of halogens is 1. The van der Waals surface area contributed by atoms with Gasteiger partial charge in [0.05, 0.1) is 17.8 Å². The first kappa shape index (κ1) is 12.4. The van der Waals surface area contributed by atoms with E-state index in [4.69, 9.17) is 22.1 Å². The molecule has 0 radical (unpaired) electrons. The Hall–Kier alpha value is -1.09. The van der Waals surface area contributed by atoms with Gasteiger partial charge in [-0.2, -0.15) is 0 Å². The molecule has 0 amide bonds. The highest BCUT2D eigenvalue weighted by Gasteiger charge is 2.17. The Morgan fingerprint density at radius 2 is 2.00 bits per heavy atom. The van der Waals surface area contributed by atoms with Crippen molar-refractivity contribution in [3.63, 3.8) is 0 Å². The van der Waals surface area contributed by atoms with Crippen molar-refractivity contribution in [1.29, 1.82) is 0 Å². The Balaban J connectivity index is 2.18. The molecule has 4 heteroatoms. The lowest BCUT2D eigenvalue weighted by atomic mass is 9.95. The third-order valence-corrected chi connectivity index (χ3v) is 3.55. The van der Waals surface area contributed by atoms with Gasteiger partial charge in [0.1, 0.15) is 5.75 Å². The molecule has 0 heterocycles. The summed E-state index contributed by atoms with van der Waals surface area (Å²) < 4.78 is 5.32. The molecule has 1 aromatic carbocycles. The first-order valence-corrected chi connectivity index (χ1v) is 6.48. The van der Waals surface area contributed by atoms with E-state index in [1.807, 2.05) is 0 Å². The van der Waals surface area contributed by atoms with Gasteiger partial charge in [-0.3, -0.25) is 0 Å². The topological polar surface area (TPSA) is 47.3 Å². The van der Waals surface area contributed by atoms with Crippen molar-refractivity contribution in [2.45, 2.75) is 38.1 Å². The molecule has 2 rings (SSSR count). The Bertz CT molecular complexity index is 389. The van der Waals surface area contributed by atoms with Crippen LogP contribution in [0.25, 0.3) is 0 Å². The second-order valence-electron chi connectivity index (χ2n) is 4.56. The minimum absolute atomic E-state index is 0.499. The van der Waals surface area contributed by atoms with Crippen LogP contribution in [-0.4, -0.2) is 13.2 Å². The quantitative estimate of drug-likeness (QED) is 0.809. The molecule has 3 nitrogen and oxygen atoms in total. The van der Waals surface area contributed by atoms with Crippen LogP contribution in [-0.2, 0) is 0 Å². The number of benzene rings is 1. The van der Waals surface area contributed by atoms with E-state index in [1.165, 1.54) is 32.1 Å². The number of nitrogen functional groups attached to an aromatic ring is 1. The summed E-state index contributed by atoms with van der Waals surface area (Å²) in [5.41, 5.74) is 7.24. The smallest absolute Gasteiger partial charge is 0.145 e. The standard InChI is InChI=1S/C13H19ClN2O/c1-17-12-8-9(15)7-11(14)13(12)16-10-5-3-2-4-6-10/h7-8,10,16H,2-6,15H2,1H3. The predicted molar refractivity (Wildman–Crippen MR) is 72.9 cm³/mol. The van der Waals surface area contributed by atoms with E-state index in [1.54, 1.807) is 19.2 Å². The van der Waals surface area contributed by atoms with Crippen molar-refractivity contribution in [3.8, 4) is 5.75 Å². The summed E-state index contributed by atoms with van der Waals surface area (Å²) >= 11 is 6.21. The highest BCUT2D eigenvalue weighted by Crippen LogP contribution is 2.36. The van der Waals surface area contributed by atoms with Crippen molar-refractivity contribution in [2.75, 3.05) is 18.2 Å². The highest BCUT2D eigenvalue weighted by atomic mass is 35.5. The molecule has 0 bridgehead atoms. The van der Waals surface area contributed by atoms with Crippen molar-refractivity contribution in [3.05, 3.63) is 17.2 Å². The van der Waals surface area contributed by atoms with E-state index in [0.717, 1.165) is 11.4 Å². The summed E-state index contributed by atoms with van der Waals surface area (Å²) in [6.07, 6.45) is 6.30. The number of hydrogen-bond acceptors (Lipinski definition) is 3. The van der Waals surface area contributed by atoms with Gasteiger partial charge in [0.15, 0.2) is 0 Å². The van der Waals surface area contributed by atoms with Gasteiger partial charge >= 0.3 is 0 Å². The Labute approximate surface area is 107 Å². The first-order valence-electron chi connectivity index (χ1n) is 6.10. The van der Waals surface area contributed by atoms with Gasteiger partial charge in [0.2, 0.25) is 0 Å². The molecule has 0 atom stereocenters. The molecule has 3 N–H and O–H groups in total. The fourth-order valence-corrected chi connectivity index (χ4v) is 2.63. The van der Waals surface area contributed by atoms with E-state index in [9.17, 15) is 0 Å². The van der Waals surface area contributed by atoms with Crippen LogP contribution in [0, 0.1) is 0 Å². The van der Waals surface area contributed by atoms with Crippen molar-refractivity contribution in [2.24, 2.45) is 0 Å². The Morgan fingerprint density at radius 3 is 2.65 bits per heavy atom. The van der Waals surface area contributed by atoms with Crippen LogP contribution < -0.4 is 15.8 Å². The van der Waals surface area contributed by atoms with Crippen molar-refractivity contribution >= 4 is 23.0 Å². The van der Waals surface area contributed by atoms with E-state index in [2.05, 4.69) is 5.32 Å². The number of anilines is 2. The van der Waals surface area contributed by atoms with Crippen LogP contribution in [0.3, 0.4) is 0 Å². The van der Waals surface area contributed by atoms with Crippen LogP contribution in [0.2, 0.25) is 5.02 Å². The molecule has 1 aliphatic rings. The van der Waals surface area contributed by atoms with Gasteiger partial charge in [0, 0.05) is 17.8 Å². The maximum absolute atomic E-state index is 6.21. The predicted octanol–water partition coefficient (Wildman–Crippen LogP) is 3.68. The molecule has 1 aliphatic carbocycles. The molecule has 0 aromatic heterocycles. The lowest BCUT2D eigenvalue weighted by molar-refractivity contribution is 0.413. The molecule has 1 fully saturated rings. The maximum Gasteiger partial charge on any atom is 0.145 e. The van der Waals surface area contributed by atoms with Gasteiger partial charge in [0.25, 0.3) is 0 Å². The second-order valence-corrected chi connectivity index (χ2v) is 4.97. The Morgan fingerprint density at radius 1 is 1.29 bits per heavy atom. The molecule has 0 aliphatic heterocycles. The normalized spacial score (nSPS) is 16.8. The lowest BCUT2D eigenvalue weighted by Gasteiger charge is -2.25. The molecular weight excluding hydrogens is 236 g/mol. The highest BCUT2D eigenvalue weighted by molar-refractivity contribution is 6.33. The monoisotopic (exact) mass is 254 g/mol. The van der Waals surface area contributed by atoms with Crippen LogP contribution in [0.5, 0.6) is 5.75 Å². The number of ether oxygens (including phenoxy) is 1. The average molecular weight is 255 g/mol. The largest absolute Gasteiger partial charge is 0.494 e. The summed E-state index contributed by atoms with van der Waals surface area (Å²) in [5, 5.41) is 4.12. The molecule has 0 unspecified atom stereocenters. The fraction of sp³-hybridized carbons (Fsp3) is 0.538. The SMILES string of the molecule is COc1cc(N)cc(Cl)c1NC1CCCCC1. The fourth-order valence-electron chi connectivity index (χ4n) is 2.35. The van der Waals surface area contributed by atoms with Gasteiger partial charge in [-0.15, -0.1) is 0 Å². The first-order chi connectivity index (χ1) is 8.20. The average Bonchev–Trinajstić information content (AvgIpc) is 2.33. The van der Waals surface area contributed by atoms with Crippen LogP contribution in [0.15, 0.2) is 12.1 Å². The number of rotatable bonds is 3. The summed E-state index contributed by atoms with van der Waals surface area (Å²) in [6.45, 7) is 0. The van der Waals surface area contributed by atoms with E-state index < -0.39 is 0 Å². The van der Waals surface area contributed by atoms with Crippen molar-refractivity contribution in [1.82, 2.24) is 0 Å². The van der Waals surface area contributed by atoms with Crippen molar-refractivity contribution < 1.29 is 4.74 Å². The third kappa shape index (κ3) is 2.97. The maximum atomic E-state index is 6.21. The summed E-state index contributed by atoms with van der Waals surface area (Å²) in [7, 11) is 1.64. The van der Waals surface area contributed by atoms with Crippen LogP contribution in [0.4, 0.5) is 11.4 Å². The van der Waals surface area contributed by atoms with Crippen LogP contribution >= 0.6 is 11.6 Å². The summed E-state index contributed by atoms with van der Waals surface area (Å²) in [5.74, 6) is 0.723. The molecule has 1 aromatic rings. The molecule has 0 spiro atoms. The minimum atomic E-state index is 0.499. The van der Waals surface area contributed by atoms with E-state index in [-0.39, 0.29) is 0 Å². The minimum Gasteiger partial charge on any atom is -0.494 e. The zero-order valence-corrected chi connectivity index (χ0v) is 10.9. The van der Waals surface area contributed by atoms with Crippen LogP contribution in [0.1, 0.15) is 32.1 Å². The van der Waals surface area contributed by atoms with E-state index >= 15 is 0 Å². The van der Waals surface area contributed by atoms with Gasteiger partial charge in [-0.05, 0) is 18.9 Å². The summed E-state index contributed by atoms with van der Waals surface area (Å²) in [4.78, 5) is 0. The number of nitrogens with two attached hydrogens (primary N) is 1. The number of methoxy groups -OCH3 is 1. The second kappa shape index (κ2) is 5.50. The molecule has 17 heavy (non-hydrogen) atoms. The van der Waals surface area contributed by atoms with Gasteiger partial charge in [-0.1, -0.05) is 30.9 Å². The zero-order valence-electron chi connectivity index (χ0n) is 10.1. The third-order valence-electron chi connectivity index (χ3n) is 3.25. The van der Waals surface area contributed by atoms with E-state index in [0.29, 0.717) is 16.8 Å². The molecule has 0 saturated heterocycles. The lowest BCUT2D eigenvalue weighted by Crippen LogP contribution is -2.22. The zero-order chi connectivity index (χ0) is 12.3. The molecule has 1 saturated carbocycles. The van der Waals surface area contributed by atoms with Gasteiger partial charge in [-0.25, -0.2) is 0 Å². The molecular formula is C13H19ClN2O. The Kier molecular flexibility index (Phi) is 4.00. The number of hydrogen-bond donors (Lipinski definition) is 2. The molecule has 94 valence electrons. The number of nitrogens with one attached hydrogen (secondary N) is 1.